The summed E-state index contributed by atoms with van der Waals surface area (Å²) in [6, 6.07) is 13.7. The van der Waals surface area contributed by atoms with E-state index in [4.69, 9.17) is 11.6 Å². The van der Waals surface area contributed by atoms with Crippen molar-refractivity contribution in [1.82, 2.24) is 14.9 Å². The van der Waals surface area contributed by atoms with Gasteiger partial charge in [-0.2, -0.15) is 0 Å². The van der Waals surface area contributed by atoms with Gasteiger partial charge in [0, 0.05) is 58.3 Å². The van der Waals surface area contributed by atoms with E-state index in [1.54, 1.807) is 12.3 Å². The monoisotopic (exact) mass is 447 g/mol. The number of carbonyl (C=O) groups is 1. The Bertz CT molecular complexity index is 1130. The van der Waals surface area contributed by atoms with Gasteiger partial charge in [-0.15, -0.1) is 0 Å². The first-order valence-electron chi connectivity index (χ1n) is 11.2. The minimum atomic E-state index is -0.0360. The quantitative estimate of drug-likeness (QED) is 0.452. The van der Waals surface area contributed by atoms with E-state index in [1.807, 2.05) is 41.4 Å². The van der Waals surface area contributed by atoms with E-state index in [0.29, 0.717) is 16.5 Å². The number of rotatable bonds is 3. The Hall–Kier alpha value is -2.72. The maximum atomic E-state index is 12.9. The molecule has 0 unspecified atom stereocenters. The van der Waals surface area contributed by atoms with Gasteiger partial charge in [-0.1, -0.05) is 45.4 Å². The predicted molar refractivity (Wildman–Crippen MR) is 131 cm³/mol. The van der Waals surface area contributed by atoms with Crippen LogP contribution in [0.1, 0.15) is 56.6 Å². The lowest BCUT2D eigenvalue weighted by atomic mass is 9.90. The van der Waals surface area contributed by atoms with Crippen LogP contribution in [0, 0.1) is 5.92 Å². The third kappa shape index (κ3) is 4.86. The van der Waals surface area contributed by atoms with Crippen LogP contribution in [0.5, 0.6) is 0 Å². The second-order valence-corrected chi connectivity index (χ2v) is 10.2. The number of benzene rings is 1. The number of nitrogens with zero attached hydrogens (tertiary/aromatic N) is 3. The summed E-state index contributed by atoms with van der Waals surface area (Å²) in [5.41, 5.74) is 5.39. The van der Waals surface area contributed by atoms with Crippen molar-refractivity contribution in [2.75, 3.05) is 13.1 Å². The van der Waals surface area contributed by atoms with Gasteiger partial charge in [0.05, 0.1) is 5.69 Å². The molecule has 166 valence electrons. The molecular formula is C27H30ClN3O. The fourth-order valence-corrected chi connectivity index (χ4v) is 4.32. The largest absolute Gasteiger partial charge is 0.339 e. The van der Waals surface area contributed by atoms with E-state index in [9.17, 15) is 4.79 Å². The number of likely N-dealkylation sites (tertiary alicyclic amines) is 1. The molecule has 1 aliphatic rings. The Morgan fingerprint density at radius 2 is 1.66 bits per heavy atom. The number of pyridine rings is 2. The Morgan fingerprint density at radius 3 is 2.34 bits per heavy atom. The number of piperidine rings is 1. The minimum absolute atomic E-state index is 0.0360. The molecule has 0 saturated carbocycles. The van der Waals surface area contributed by atoms with Crippen molar-refractivity contribution in [3.8, 4) is 22.4 Å². The number of carbonyl (C=O) groups excluding carboxylic acids is 1. The van der Waals surface area contributed by atoms with Crippen molar-refractivity contribution >= 4 is 17.5 Å². The smallest absolute Gasteiger partial charge is 0.253 e. The van der Waals surface area contributed by atoms with Crippen molar-refractivity contribution in [1.29, 1.82) is 0 Å². The first-order chi connectivity index (χ1) is 15.2. The molecule has 2 aromatic heterocycles. The molecule has 4 rings (SSSR count). The summed E-state index contributed by atoms with van der Waals surface area (Å²) >= 11 is 6.65. The molecule has 0 N–H and O–H groups in total. The highest BCUT2D eigenvalue weighted by Gasteiger charge is 2.22. The molecule has 0 bridgehead atoms. The molecule has 1 saturated heterocycles. The third-order valence-corrected chi connectivity index (χ3v) is 6.49. The van der Waals surface area contributed by atoms with Gasteiger partial charge in [-0.25, -0.2) is 0 Å². The van der Waals surface area contributed by atoms with E-state index in [0.717, 1.165) is 54.0 Å². The van der Waals surface area contributed by atoms with Crippen LogP contribution >= 0.6 is 11.6 Å². The molecule has 1 aromatic carbocycles. The average Bonchev–Trinajstić information content (AvgIpc) is 2.78. The maximum absolute atomic E-state index is 12.9. The predicted octanol–water partition coefficient (Wildman–Crippen LogP) is 6.63. The Morgan fingerprint density at radius 1 is 0.969 bits per heavy atom. The summed E-state index contributed by atoms with van der Waals surface area (Å²) in [6.45, 7) is 10.3. The third-order valence-electron chi connectivity index (χ3n) is 6.18. The molecule has 32 heavy (non-hydrogen) atoms. The Labute approximate surface area is 195 Å². The zero-order chi connectivity index (χ0) is 22.9. The number of amides is 1. The Kier molecular flexibility index (Phi) is 6.34. The van der Waals surface area contributed by atoms with Crippen molar-refractivity contribution in [3.05, 3.63) is 71.1 Å². The number of hydrogen-bond acceptors (Lipinski definition) is 3. The zero-order valence-electron chi connectivity index (χ0n) is 19.2. The van der Waals surface area contributed by atoms with Crippen molar-refractivity contribution in [3.63, 3.8) is 0 Å². The molecule has 5 heteroatoms. The van der Waals surface area contributed by atoms with Crippen molar-refractivity contribution in [2.45, 2.75) is 46.0 Å². The SMILES string of the molecule is CC1CCN(C(=O)c2ccc(-c3ccnc(-c4ccnc(C(C)(C)C)c4)c3)c(Cl)c2)CC1. The minimum Gasteiger partial charge on any atom is -0.339 e. The van der Waals surface area contributed by atoms with Gasteiger partial charge >= 0.3 is 0 Å². The summed E-state index contributed by atoms with van der Waals surface area (Å²) in [5, 5.41) is 0.573. The molecule has 3 aromatic rings. The highest BCUT2D eigenvalue weighted by molar-refractivity contribution is 6.33. The van der Waals surface area contributed by atoms with Crippen LogP contribution in [-0.2, 0) is 5.41 Å². The zero-order valence-corrected chi connectivity index (χ0v) is 20.0. The second kappa shape index (κ2) is 9.03. The van der Waals surface area contributed by atoms with Gasteiger partial charge < -0.3 is 4.90 Å². The molecule has 4 nitrogen and oxygen atoms in total. The van der Waals surface area contributed by atoms with Crippen molar-refractivity contribution < 1.29 is 4.79 Å². The van der Waals surface area contributed by atoms with Crippen LogP contribution in [-0.4, -0.2) is 33.9 Å². The topological polar surface area (TPSA) is 46.1 Å². The lowest BCUT2D eigenvalue weighted by Crippen LogP contribution is -2.37. The molecule has 0 aliphatic carbocycles. The first-order valence-corrected chi connectivity index (χ1v) is 11.6. The highest BCUT2D eigenvalue weighted by atomic mass is 35.5. The molecular weight excluding hydrogens is 418 g/mol. The van der Waals surface area contributed by atoms with Gasteiger partial charge in [0.15, 0.2) is 0 Å². The van der Waals surface area contributed by atoms with Gasteiger partial charge in [-0.05, 0) is 60.7 Å². The van der Waals surface area contributed by atoms with E-state index in [1.165, 1.54) is 0 Å². The summed E-state index contributed by atoms with van der Waals surface area (Å²) in [4.78, 5) is 23.9. The van der Waals surface area contributed by atoms with Gasteiger partial charge in [0.2, 0.25) is 0 Å². The summed E-state index contributed by atoms with van der Waals surface area (Å²) in [7, 11) is 0. The average molecular weight is 448 g/mol. The standard InChI is InChI=1S/C27H30ClN3O/c1-18-9-13-31(14-10-18)26(32)21-5-6-22(23(28)15-21)19-7-11-29-24(16-19)20-8-12-30-25(17-20)27(2,3)4/h5-8,11-12,15-18H,9-10,13-14H2,1-4H3. The van der Waals surface area contributed by atoms with Crippen LogP contribution in [0.2, 0.25) is 5.02 Å². The molecule has 0 atom stereocenters. The fourth-order valence-electron chi connectivity index (χ4n) is 4.03. The molecule has 3 heterocycles. The lowest BCUT2D eigenvalue weighted by Gasteiger charge is -2.30. The maximum Gasteiger partial charge on any atom is 0.253 e. The van der Waals surface area contributed by atoms with Gasteiger partial charge in [0.1, 0.15) is 0 Å². The summed E-state index contributed by atoms with van der Waals surface area (Å²) in [6.07, 6.45) is 5.75. The van der Waals surface area contributed by atoms with Crippen LogP contribution in [0.4, 0.5) is 0 Å². The van der Waals surface area contributed by atoms with Crippen LogP contribution in [0.25, 0.3) is 22.4 Å². The van der Waals surface area contributed by atoms with Gasteiger partial charge in [0.25, 0.3) is 5.91 Å². The van der Waals surface area contributed by atoms with Crippen LogP contribution < -0.4 is 0 Å². The molecule has 1 amide bonds. The first kappa shape index (κ1) is 22.5. The van der Waals surface area contributed by atoms with E-state index >= 15 is 0 Å². The van der Waals surface area contributed by atoms with Crippen molar-refractivity contribution in [2.24, 2.45) is 5.92 Å². The second-order valence-electron chi connectivity index (χ2n) is 9.78. The van der Waals surface area contributed by atoms with Crippen LogP contribution in [0.15, 0.2) is 54.9 Å². The Balaban J connectivity index is 1.60. The van der Waals surface area contributed by atoms with E-state index in [2.05, 4.69) is 43.7 Å². The lowest BCUT2D eigenvalue weighted by molar-refractivity contribution is 0.0697. The molecule has 0 spiro atoms. The summed E-state index contributed by atoms with van der Waals surface area (Å²) < 4.78 is 0. The van der Waals surface area contributed by atoms with E-state index < -0.39 is 0 Å². The number of aromatic nitrogens is 2. The normalized spacial score (nSPS) is 15.1. The fraction of sp³-hybridized carbons (Fsp3) is 0.370. The summed E-state index contributed by atoms with van der Waals surface area (Å²) in [5.74, 6) is 0.748. The van der Waals surface area contributed by atoms with Gasteiger partial charge in [-0.3, -0.25) is 14.8 Å². The molecule has 1 fully saturated rings. The molecule has 1 aliphatic heterocycles. The molecule has 0 radical (unpaired) electrons. The number of hydrogen-bond donors (Lipinski definition) is 0. The van der Waals surface area contributed by atoms with E-state index in [-0.39, 0.29) is 11.3 Å². The highest BCUT2D eigenvalue weighted by Crippen LogP contribution is 2.32. The number of halogens is 1. The van der Waals surface area contributed by atoms with Crippen LogP contribution in [0.3, 0.4) is 0 Å².